The largest absolute Gasteiger partial charge is 0.444 e. The number of hydrogen-bond acceptors (Lipinski definition) is 5. The number of hydrogen-bond donors (Lipinski definition) is 2. The van der Waals surface area contributed by atoms with Gasteiger partial charge < -0.3 is 25.6 Å². The van der Waals surface area contributed by atoms with Crippen LogP contribution in [-0.2, 0) is 4.74 Å². The fourth-order valence-electron chi connectivity index (χ4n) is 3.74. The van der Waals surface area contributed by atoms with Gasteiger partial charge in [0, 0.05) is 49.6 Å². The average Bonchev–Trinajstić information content (AvgIpc) is 2.63. The highest BCUT2D eigenvalue weighted by molar-refractivity contribution is 5.68. The normalized spacial score (nSPS) is 23.9. The highest BCUT2D eigenvalue weighted by Crippen LogP contribution is 2.24. The van der Waals surface area contributed by atoms with Crippen LogP contribution in [0.3, 0.4) is 0 Å². The van der Waals surface area contributed by atoms with Crippen LogP contribution in [0.15, 0.2) is 24.3 Å². The van der Waals surface area contributed by atoms with Crippen molar-refractivity contribution in [3.8, 4) is 0 Å². The summed E-state index contributed by atoms with van der Waals surface area (Å²) in [5.41, 5.74) is 7.92. The summed E-state index contributed by atoms with van der Waals surface area (Å²) in [4.78, 5) is 16.3. The fraction of sp³-hybridized carbons (Fsp3) is 0.667. The second-order valence-corrected chi connectivity index (χ2v) is 8.76. The van der Waals surface area contributed by atoms with E-state index in [9.17, 15) is 4.79 Å². The van der Waals surface area contributed by atoms with Gasteiger partial charge in [-0.05, 0) is 70.7 Å². The second-order valence-electron chi connectivity index (χ2n) is 8.76. The Morgan fingerprint density at radius 2 is 1.63 bits per heavy atom. The van der Waals surface area contributed by atoms with E-state index in [1.54, 1.807) is 4.90 Å². The Balaban J connectivity index is 1.48. The number of anilines is 2. The number of nitrogens with two attached hydrogens (primary N) is 1. The molecule has 0 unspecified atom stereocenters. The zero-order valence-corrected chi connectivity index (χ0v) is 16.9. The molecule has 1 heterocycles. The van der Waals surface area contributed by atoms with Crippen molar-refractivity contribution in [2.24, 2.45) is 5.73 Å². The third kappa shape index (κ3) is 5.76. The molecule has 6 heteroatoms. The molecule has 1 saturated heterocycles. The van der Waals surface area contributed by atoms with Gasteiger partial charge >= 0.3 is 6.09 Å². The van der Waals surface area contributed by atoms with Gasteiger partial charge in [-0.2, -0.15) is 0 Å². The molecule has 3 N–H and O–H groups in total. The summed E-state index contributed by atoms with van der Waals surface area (Å²) >= 11 is 0. The Morgan fingerprint density at radius 3 is 2.19 bits per heavy atom. The van der Waals surface area contributed by atoms with Crippen LogP contribution >= 0.6 is 0 Å². The number of rotatable bonds is 3. The van der Waals surface area contributed by atoms with Crippen LogP contribution in [-0.4, -0.2) is 54.9 Å². The minimum atomic E-state index is -0.444. The number of nitrogens with zero attached hydrogens (tertiary/aromatic N) is 2. The Hall–Kier alpha value is -1.95. The van der Waals surface area contributed by atoms with E-state index in [1.807, 2.05) is 20.8 Å². The van der Waals surface area contributed by atoms with Crippen molar-refractivity contribution in [1.82, 2.24) is 4.90 Å². The molecular formula is C21H34N4O2. The van der Waals surface area contributed by atoms with Crippen LogP contribution in [0.2, 0.25) is 0 Å². The molecule has 0 aromatic heterocycles. The number of piperazine rings is 1. The van der Waals surface area contributed by atoms with Gasteiger partial charge in [-0.3, -0.25) is 0 Å². The molecule has 1 saturated carbocycles. The summed E-state index contributed by atoms with van der Waals surface area (Å²) in [5, 5.41) is 3.63. The Bertz CT molecular complexity index is 610. The van der Waals surface area contributed by atoms with E-state index in [-0.39, 0.29) is 6.09 Å². The number of amides is 1. The zero-order chi connectivity index (χ0) is 19.4. The molecule has 6 nitrogen and oxygen atoms in total. The van der Waals surface area contributed by atoms with Crippen molar-refractivity contribution < 1.29 is 9.53 Å². The topological polar surface area (TPSA) is 70.8 Å². The lowest BCUT2D eigenvalue weighted by Crippen LogP contribution is -2.50. The van der Waals surface area contributed by atoms with E-state index >= 15 is 0 Å². The lowest BCUT2D eigenvalue weighted by atomic mass is 9.91. The predicted octanol–water partition coefficient (Wildman–Crippen LogP) is 3.43. The van der Waals surface area contributed by atoms with E-state index < -0.39 is 5.60 Å². The van der Waals surface area contributed by atoms with Gasteiger partial charge in [0.15, 0.2) is 0 Å². The van der Waals surface area contributed by atoms with Gasteiger partial charge in [0.05, 0.1) is 0 Å². The van der Waals surface area contributed by atoms with Crippen LogP contribution in [0.1, 0.15) is 46.5 Å². The Kier molecular flexibility index (Phi) is 6.15. The minimum Gasteiger partial charge on any atom is -0.444 e. The number of ether oxygens (including phenoxy) is 1. The zero-order valence-electron chi connectivity index (χ0n) is 16.9. The molecule has 1 aromatic rings. The lowest BCUT2D eigenvalue weighted by molar-refractivity contribution is 0.0240. The minimum absolute atomic E-state index is 0.214. The molecule has 1 amide bonds. The highest BCUT2D eigenvalue weighted by Gasteiger charge is 2.26. The molecule has 2 aliphatic rings. The van der Waals surface area contributed by atoms with Crippen molar-refractivity contribution in [2.45, 2.75) is 64.1 Å². The second kappa shape index (κ2) is 8.38. The van der Waals surface area contributed by atoms with Gasteiger partial charge in [0.2, 0.25) is 0 Å². The highest BCUT2D eigenvalue weighted by atomic mass is 16.6. The van der Waals surface area contributed by atoms with Crippen LogP contribution < -0.4 is 16.0 Å². The number of carbonyl (C=O) groups is 1. The van der Waals surface area contributed by atoms with E-state index in [2.05, 4.69) is 34.5 Å². The Morgan fingerprint density at radius 1 is 1.04 bits per heavy atom. The van der Waals surface area contributed by atoms with Crippen LogP contribution in [0.25, 0.3) is 0 Å². The molecule has 1 aliphatic carbocycles. The standard InChI is InChI=1S/C21H34N4O2/c1-21(2,3)27-20(26)25-14-12-24(13-15-25)19-10-8-18(9-11-19)23-17-6-4-16(22)5-7-17/h8-11,16-17,23H,4-7,12-15,22H2,1-3H3. The SMILES string of the molecule is CC(C)(C)OC(=O)N1CCN(c2ccc(NC3CCC(N)CC3)cc2)CC1. The Labute approximate surface area is 163 Å². The van der Waals surface area contributed by atoms with Crippen molar-refractivity contribution >= 4 is 17.5 Å². The monoisotopic (exact) mass is 374 g/mol. The molecule has 1 aliphatic heterocycles. The maximum atomic E-state index is 12.2. The quantitative estimate of drug-likeness (QED) is 0.848. The first-order valence-corrected chi connectivity index (χ1v) is 10.2. The molecule has 0 radical (unpaired) electrons. The molecule has 2 fully saturated rings. The van der Waals surface area contributed by atoms with E-state index in [0.29, 0.717) is 25.2 Å². The summed E-state index contributed by atoms with van der Waals surface area (Å²) in [6.07, 6.45) is 4.30. The smallest absolute Gasteiger partial charge is 0.410 e. The molecule has 0 bridgehead atoms. The summed E-state index contributed by atoms with van der Waals surface area (Å²) in [6, 6.07) is 9.56. The molecular weight excluding hydrogens is 340 g/mol. The molecule has 0 spiro atoms. The van der Waals surface area contributed by atoms with E-state index in [4.69, 9.17) is 10.5 Å². The third-order valence-electron chi connectivity index (χ3n) is 5.31. The molecule has 3 rings (SSSR count). The maximum Gasteiger partial charge on any atom is 0.410 e. The van der Waals surface area contributed by atoms with E-state index in [1.165, 1.54) is 11.4 Å². The average molecular weight is 375 g/mol. The molecule has 150 valence electrons. The number of carbonyl (C=O) groups excluding carboxylic acids is 1. The lowest BCUT2D eigenvalue weighted by Gasteiger charge is -2.36. The van der Waals surface area contributed by atoms with Gasteiger partial charge in [-0.25, -0.2) is 4.79 Å². The fourth-order valence-corrected chi connectivity index (χ4v) is 3.74. The molecule has 27 heavy (non-hydrogen) atoms. The van der Waals surface area contributed by atoms with Crippen molar-refractivity contribution in [1.29, 1.82) is 0 Å². The number of nitrogens with one attached hydrogen (secondary N) is 1. The third-order valence-corrected chi connectivity index (χ3v) is 5.31. The van der Waals surface area contributed by atoms with Crippen LogP contribution in [0, 0.1) is 0 Å². The van der Waals surface area contributed by atoms with Crippen molar-refractivity contribution in [3.05, 3.63) is 24.3 Å². The predicted molar refractivity (Wildman–Crippen MR) is 110 cm³/mol. The van der Waals surface area contributed by atoms with Gasteiger partial charge in [0.1, 0.15) is 5.60 Å². The van der Waals surface area contributed by atoms with E-state index in [0.717, 1.165) is 38.8 Å². The first kappa shape index (κ1) is 19.8. The maximum absolute atomic E-state index is 12.2. The van der Waals surface area contributed by atoms with Crippen molar-refractivity contribution in [3.63, 3.8) is 0 Å². The van der Waals surface area contributed by atoms with Gasteiger partial charge in [0.25, 0.3) is 0 Å². The summed E-state index contributed by atoms with van der Waals surface area (Å²) in [5.74, 6) is 0. The molecule has 0 atom stereocenters. The van der Waals surface area contributed by atoms with Crippen LogP contribution in [0.4, 0.5) is 16.2 Å². The first-order chi connectivity index (χ1) is 12.8. The van der Waals surface area contributed by atoms with Gasteiger partial charge in [-0.15, -0.1) is 0 Å². The van der Waals surface area contributed by atoms with Gasteiger partial charge in [-0.1, -0.05) is 0 Å². The summed E-state index contributed by atoms with van der Waals surface area (Å²) in [7, 11) is 0. The van der Waals surface area contributed by atoms with Crippen molar-refractivity contribution in [2.75, 3.05) is 36.4 Å². The number of benzene rings is 1. The van der Waals surface area contributed by atoms with Crippen LogP contribution in [0.5, 0.6) is 0 Å². The first-order valence-electron chi connectivity index (χ1n) is 10.2. The molecule has 1 aromatic carbocycles. The summed E-state index contributed by atoms with van der Waals surface area (Å²) in [6.45, 7) is 8.74. The summed E-state index contributed by atoms with van der Waals surface area (Å²) < 4.78 is 5.47.